The molecule has 0 radical (unpaired) electrons. The van der Waals surface area contributed by atoms with Gasteiger partial charge in [-0.05, 0) is 54.4 Å². The molecule has 1 N–H and O–H groups in total. The van der Waals surface area contributed by atoms with Gasteiger partial charge in [0.05, 0.1) is 0 Å². The van der Waals surface area contributed by atoms with Crippen molar-refractivity contribution in [1.82, 2.24) is 4.90 Å². The Balaban J connectivity index is 1.30. The zero-order valence-electron chi connectivity index (χ0n) is 18.5. The molecule has 5 rings (SSSR count). The number of urea groups is 1. The van der Waals surface area contributed by atoms with Crippen molar-refractivity contribution in [2.45, 2.75) is 13.0 Å². The Morgan fingerprint density at radius 1 is 0.941 bits per heavy atom. The molecular weight excluding hydrogens is 437 g/mol. The molecule has 1 fully saturated rings. The first kappa shape index (κ1) is 21.8. The number of halogens is 1. The number of fused-ring (bicyclic) bond motifs is 1. The first-order valence-corrected chi connectivity index (χ1v) is 11.2. The number of carbonyl (C=O) groups excluding carboxylic acids is 2. The molecule has 34 heavy (non-hydrogen) atoms. The first-order chi connectivity index (χ1) is 16.6. The van der Waals surface area contributed by atoms with Crippen LogP contribution in [0.1, 0.15) is 22.3 Å². The molecule has 0 atom stereocenters. The van der Waals surface area contributed by atoms with Crippen LogP contribution < -0.4 is 19.7 Å². The highest BCUT2D eigenvalue weighted by molar-refractivity contribution is 6.05. The third-order valence-electron chi connectivity index (χ3n) is 5.79. The summed E-state index contributed by atoms with van der Waals surface area (Å²) >= 11 is 0. The smallest absolute Gasteiger partial charge is 0.324 e. The van der Waals surface area contributed by atoms with Crippen molar-refractivity contribution in [3.05, 3.63) is 83.7 Å². The highest BCUT2D eigenvalue weighted by Crippen LogP contribution is 2.33. The van der Waals surface area contributed by atoms with Gasteiger partial charge in [-0.3, -0.25) is 9.69 Å². The fraction of sp³-hybridized carbons (Fsp3) is 0.231. The Bertz CT molecular complexity index is 1230. The third-order valence-corrected chi connectivity index (χ3v) is 5.79. The van der Waals surface area contributed by atoms with E-state index in [9.17, 15) is 14.0 Å². The van der Waals surface area contributed by atoms with Crippen molar-refractivity contribution in [2.24, 2.45) is 0 Å². The number of carbonyl (C=O) groups is 2. The molecule has 0 saturated carbocycles. The van der Waals surface area contributed by atoms with Crippen molar-refractivity contribution in [3.63, 3.8) is 0 Å². The summed E-state index contributed by atoms with van der Waals surface area (Å²) in [5, 5.41) is 2.87. The number of nitrogens with one attached hydrogen (secondary N) is 1. The van der Waals surface area contributed by atoms with Gasteiger partial charge in [-0.25, -0.2) is 9.18 Å². The summed E-state index contributed by atoms with van der Waals surface area (Å²) in [5.74, 6) is 0.628. The van der Waals surface area contributed by atoms with E-state index in [1.54, 1.807) is 58.3 Å². The van der Waals surface area contributed by atoms with Crippen molar-refractivity contribution in [3.8, 4) is 11.5 Å². The van der Waals surface area contributed by atoms with Gasteiger partial charge >= 0.3 is 6.03 Å². The standard InChI is InChI=1S/C26H24FN3O4/c27-20-6-1-4-18(14-20)17-29-10-3-11-30(26(29)32)22-7-2-5-19(15-22)25(31)28-21-8-9-23-24(16-21)34-13-12-33-23/h1-2,4-9,14-16H,3,10-13,17H2,(H,28,31). The Labute approximate surface area is 196 Å². The molecule has 2 aliphatic rings. The number of hydrogen-bond donors (Lipinski definition) is 1. The van der Waals surface area contributed by atoms with Crippen molar-refractivity contribution in [1.29, 1.82) is 0 Å². The second-order valence-electron chi connectivity index (χ2n) is 8.20. The van der Waals surface area contributed by atoms with E-state index in [1.165, 1.54) is 12.1 Å². The summed E-state index contributed by atoms with van der Waals surface area (Å²) < 4.78 is 24.6. The van der Waals surface area contributed by atoms with Crippen LogP contribution in [0, 0.1) is 5.82 Å². The third kappa shape index (κ3) is 4.66. The molecule has 3 aromatic rings. The maximum Gasteiger partial charge on any atom is 0.324 e. The maximum absolute atomic E-state index is 13.6. The molecule has 1 saturated heterocycles. The molecule has 174 valence electrons. The zero-order chi connectivity index (χ0) is 23.5. The normalized spacial score (nSPS) is 15.3. The molecule has 7 nitrogen and oxygen atoms in total. The lowest BCUT2D eigenvalue weighted by atomic mass is 10.1. The van der Waals surface area contributed by atoms with Crippen LogP contribution in [-0.2, 0) is 6.54 Å². The summed E-state index contributed by atoms with van der Waals surface area (Å²) in [6, 6.07) is 18.3. The number of amides is 3. The predicted octanol–water partition coefficient (Wildman–Crippen LogP) is 4.68. The molecule has 3 aromatic carbocycles. The van der Waals surface area contributed by atoms with Crippen LogP contribution in [-0.4, -0.2) is 43.1 Å². The lowest BCUT2D eigenvalue weighted by molar-refractivity contribution is 0.102. The number of anilines is 2. The largest absolute Gasteiger partial charge is 0.486 e. The van der Waals surface area contributed by atoms with Gasteiger partial charge in [0, 0.05) is 42.6 Å². The van der Waals surface area contributed by atoms with Crippen LogP contribution in [0.2, 0.25) is 0 Å². The van der Waals surface area contributed by atoms with E-state index in [2.05, 4.69) is 5.32 Å². The second kappa shape index (κ2) is 9.43. The molecule has 0 unspecified atom stereocenters. The van der Waals surface area contributed by atoms with Crippen molar-refractivity contribution in [2.75, 3.05) is 36.5 Å². The van der Waals surface area contributed by atoms with Gasteiger partial charge in [0.1, 0.15) is 19.0 Å². The van der Waals surface area contributed by atoms with Gasteiger partial charge in [0.15, 0.2) is 11.5 Å². The molecule has 0 bridgehead atoms. The van der Waals surface area contributed by atoms with Crippen LogP contribution in [0.4, 0.5) is 20.6 Å². The summed E-state index contributed by atoms with van der Waals surface area (Å²) in [6.07, 6.45) is 0.772. The first-order valence-electron chi connectivity index (χ1n) is 11.2. The second-order valence-corrected chi connectivity index (χ2v) is 8.20. The highest BCUT2D eigenvalue weighted by Gasteiger charge is 2.27. The zero-order valence-corrected chi connectivity index (χ0v) is 18.5. The molecule has 0 aromatic heterocycles. The topological polar surface area (TPSA) is 71.1 Å². The van der Waals surface area contributed by atoms with Gasteiger partial charge in [0.2, 0.25) is 0 Å². The molecular formula is C26H24FN3O4. The summed E-state index contributed by atoms with van der Waals surface area (Å²) in [4.78, 5) is 29.4. The van der Waals surface area contributed by atoms with Crippen molar-refractivity contribution >= 4 is 23.3 Å². The number of nitrogens with zero attached hydrogens (tertiary/aromatic N) is 2. The predicted molar refractivity (Wildman–Crippen MR) is 126 cm³/mol. The van der Waals surface area contributed by atoms with E-state index in [0.29, 0.717) is 61.3 Å². The minimum atomic E-state index is -0.324. The van der Waals surface area contributed by atoms with Crippen LogP contribution >= 0.6 is 0 Å². The van der Waals surface area contributed by atoms with Crippen LogP contribution in [0.5, 0.6) is 11.5 Å². The molecule has 0 spiro atoms. The van der Waals surface area contributed by atoms with Gasteiger partial charge in [-0.15, -0.1) is 0 Å². The highest BCUT2D eigenvalue weighted by atomic mass is 19.1. The van der Waals surface area contributed by atoms with E-state index >= 15 is 0 Å². The van der Waals surface area contributed by atoms with Gasteiger partial charge < -0.3 is 19.7 Å². The van der Waals surface area contributed by atoms with E-state index in [0.717, 1.165) is 12.0 Å². The monoisotopic (exact) mass is 461 g/mol. The van der Waals surface area contributed by atoms with E-state index in [1.807, 2.05) is 6.07 Å². The SMILES string of the molecule is O=C(Nc1ccc2c(c1)OCCO2)c1cccc(N2CCCN(Cc3cccc(F)c3)C2=O)c1. The Morgan fingerprint density at radius 2 is 1.76 bits per heavy atom. The Morgan fingerprint density at radius 3 is 2.62 bits per heavy atom. The van der Waals surface area contributed by atoms with Gasteiger partial charge in [0.25, 0.3) is 5.91 Å². The maximum atomic E-state index is 13.6. The van der Waals surface area contributed by atoms with Gasteiger partial charge in [-0.2, -0.15) is 0 Å². The average Bonchev–Trinajstić information content (AvgIpc) is 2.85. The van der Waals surface area contributed by atoms with Gasteiger partial charge in [-0.1, -0.05) is 18.2 Å². The minimum Gasteiger partial charge on any atom is -0.486 e. The number of ether oxygens (including phenoxy) is 2. The lowest BCUT2D eigenvalue weighted by Gasteiger charge is -2.35. The van der Waals surface area contributed by atoms with Crippen LogP contribution in [0.25, 0.3) is 0 Å². The van der Waals surface area contributed by atoms with Crippen LogP contribution in [0.15, 0.2) is 66.7 Å². The quantitative estimate of drug-likeness (QED) is 0.599. The molecule has 2 heterocycles. The summed E-state index contributed by atoms with van der Waals surface area (Å²) in [5.41, 5.74) is 2.41. The fourth-order valence-corrected chi connectivity index (χ4v) is 4.16. The van der Waals surface area contributed by atoms with E-state index in [4.69, 9.17) is 9.47 Å². The molecule has 3 amide bonds. The molecule has 0 aliphatic carbocycles. The Hall–Kier alpha value is -4.07. The van der Waals surface area contributed by atoms with Crippen LogP contribution in [0.3, 0.4) is 0 Å². The average molecular weight is 461 g/mol. The van der Waals surface area contributed by atoms with Crippen molar-refractivity contribution < 1.29 is 23.5 Å². The summed E-state index contributed by atoms with van der Waals surface area (Å²) in [7, 11) is 0. The Kier molecular flexibility index (Phi) is 6.03. The lowest BCUT2D eigenvalue weighted by Crippen LogP contribution is -2.49. The fourth-order valence-electron chi connectivity index (χ4n) is 4.16. The number of hydrogen-bond acceptors (Lipinski definition) is 4. The number of benzene rings is 3. The minimum absolute atomic E-state index is 0.167. The van der Waals surface area contributed by atoms with E-state index < -0.39 is 0 Å². The summed E-state index contributed by atoms with van der Waals surface area (Å²) in [6.45, 7) is 2.44. The van der Waals surface area contributed by atoms with E-state index in [-0.39, 0.29) is 17.8 Å². The molecule has 2 aliphatic heterocycles. The molecule has 8 heteroatoms. The number of rotatable bonds is 5.